The van der Waals surface area contributed by atoms with E-state index < -0.39 is 5.91 Å². The van der Waals surface area contributed by atoms with Gasteiger partial charge in [-0.15, -0.1) is 0 Å². The number of aliphatic imine (C=N–C) groups is 1. The molecule has 0 atom stereocenters. The van der Waals surface area contributed by atoms with Gasteiger partial charge in [-0.3, -0.25) is 4.79 Å². The molecular weight excluding hydrogens is 296 g/mol. The Balaban J connectivity index is 2.66. The molecule has 6 heteroatoms. The molecule has 4 N–H and O–H groups in total. The predicted octanol–water partition coefficient (Wildman–Crippen LogP) is 1.98. The number of rotatable bonds is 7. The highest BCUT2D eigenvalue weighted by atomic mass is 32.2. The van der Waals surface area contributed by atoms with Gasteiger partial charge in [-0.2, -0.15) is 11.8 Å². The Morgan fingerprint density at radius 2 is 1.91 bits per heavy atom. The Morgan fingerprint density at radius 1 is 1.27 bits per heavy atom. The molecule has 0 fully saturated rings. The number of primary amides is 1. The molecule has 1 rings (SSSR count). The van der Waals surface area contributed by atoms with E-state index in [2.05, 4.69) is 35.7 Å². The maximum Gasteiger partial charge on any atom is 0.248 e. The van der Waals surface area contributed by atoms with Crippen LogP contribution in [0.1, 0.15) is 36.7 Å². The fourth-order valence-electron chi connectivity index (χ4n) is 1.66. The lowest BCUT2D eigenvalue weighted by Gasteiger charge is -2.23. The van der Waals surface area contributed by atoms with Crippen LogP contribution in [-0.4, -0.2) is 36.0 Å². The predicted molar refractivity (Wildman–Crippen MR) is 95.4 cm³/mol. The summed E-state index contributed by atoms with van der Waals surface area (Å²) in [5.41, 5.74) is 6.78. The van der Waals surface area contributed by atoms with Crippen molar-refractivity contribution in [2.24, 2.45) is 10.7 Å². The molecule has 0 spiro atoms. The number of nitrogens with zero attached hydrogens (tertiary/aromatic N) is 1. The molecule has 0 saturated heterocycles. The molecule has 1 amide bonds. The van der Waals surface area contributed by atoms with E-state index in [1.165, 1.54) is 0 Å². The average molecular weight is 322 g/mol. The van der Waals surface area contributed by atoms with Crippen LogP contribution in [0, 0.1) is 0 Å². The Kier molecular flexibility index (Phi) is 7.24. The standard InChI is InChI=1S/C16H26N4OS/c1-5-18-15(20-11-16(2,3)22-4)19-10-12-6-8-13(9-7-12)14(17)21/h6-9H,5,10-11H2,1-4H3,(H2,17,21)(H2,18,19,20). The minimum atomic E-state index is -0.413. The molecule has 0 aromatic heterocycles. The van der Waals surface area contributed by atoms with Crippen LogP contribution in [0.3, 0.4) is 0 Å². The number of amides is 1. The quantitative estimate of drug-likeness (QED) is 0.530. The first-order valence-electron chi connectivity index (χ1n) is 7.34. The van der Waals surface area contributed by atoms with Crippen molar-refractivity contribution >= 4 is 23.6 Å². The first-order chi connectivity index (χ1) is 10.4. The van der Waals surface area contributed by atoms with Gasteiger partial charge < -0.3 is 16.4 Å². The number of hydrogen-bond acceptors (Lipinski definition) is 3. The van der Waals surface area contributed by atoms with Crippen molar-refractivity contribution in [2.75, 3.05) is 19.3 Å². The largest absolute Gasteiger partial charge is 0.366 e. The fraction of sp³-hybridized carbons (Fsp3) is 0.500. The van der Waals surface area contributed by atoms with Crippen LogP contribution in [0.5, 0.6) is 0 Å². The maximum atomic E-state index is 11.0. The Morgan fingerprint density at radius 3 is 2.41 bits per heavy atom. The van der Waals surface area contributed by atoms with Gasteiger partial charge >= 0.3 is 0 Å². The van der Waals surface area contributed by atoms with Gasteiger partial charge in [-0.05, 0) is 44.7 Å². The summed E-state index contributed by atoms with van der Waals surface area (Å²) in [6.45, 7) is 8.62. The van der Waals surface area contributed by atoms with Crippen LogP contribution in [0.4, 0.5) is 0 Å². The van der Waals surface area contributed by atoms with Crippen molar-refractivity contribution in [2.45, 2.75) is 32.1 Å². The smallest absolute Gasteiger partial charge is 0.248 e. The van der Waals surface area contributed by atoms with Crippen LogP contribution in [0.2, 0.25) is 0 Å². The normalized spacial score (nSPS) is 12.1. The number of nitrogens with two attached hydrogens (primary N) is 1. The van der Waals surface area contributed by atoms with E-state index in [4.69, 9.17) is 5.73 Å². The number of hydrogen-bond donors (Lipinski definition) is 3. The minimum Gasteiger partial charge on any atom is -0.366 e. The van der Waals surface area contributed by atoms with Gasteiger partial charge in [-0.1, -0.05) is 12.1 Å². The van der Waals surface area contributed by atoms with Gasteiger partial charge in [0.25, 0.3) is 0 Å². The average Bonchev–Trinajstić information content (AvgIpc) is 2.50. The summed E-state index contributed by atoms with van der Waals surface area (Å²) in [6, 6.07) is 7.20. The number of nitrogens with one attached hydrogen (secondary N) is 2. The van der Waals surface area contributed by atoms with Gasteiger partial charge in [0.1, 0.15) is 0 Å². The summed E-state index contributed by atoms with van der Waals surface area (Å²) in [6.07, 6.45) is 2.10. The molecule has 122 valence electrons. The lowest BCUT2D eigenvalue weighted by atomic mass is 10.1. The molecular formula is C16H26N4OS. The summed E-state index contributed by atoms with van der Waals surface area (Å²) in [5, 5.41) is 6.59. The van der Waals surface area contributed by atoms with Gasteiger partial charge in [0, 0.05) is 23.4 Å². The summed E-state index contributed by atoms with van der Waals surface area (Å²) < 4.78 is 0.152. The molecule has 22 heavy (non-hydrogen) atoms. The third-order valence-corrected chi connectivity index (χ3v) is 4.49. The van der Waals surface area contributed by atoms with Crippen molar-refractivity contribution in [3.05, 3.63) is 35.4 Å². The zero-order valence-electron chi connectivity index (χ0n) is 13.8. The molecule has 0 saturated carbocycles. The van der Waals surface area contributed by atoms with Gasteiger partial charge in [-0.25, -0.2) is 4.99 Å². The number of carbonyl (C=O) groups is 1. The van der Waals surface area contributed by atoms with Gasteiger partial charge in [0.05, 0.1) is 6.54 Å². The Bertz CT molecular complexity index is 511. The number of thioether (sulfide) groups is 1. The topological polar surface area (TPSA) is 79.5 Å². The Hall–Kier alpha value is -1.69. The molecule has 1 aromatic carbocycles. The summed E-state index contributed by atoms with van der Waals surface area (Å²) in [4.78, 5) is 15.6. The highest BCUT2D eigenvalue weighted by molar-refractivity contribution is 7.99. The molecule has 5 nitrogen and oxygen atoms in total. The molecule has 0 aliphatic rings. The number of carbonyl (C=O) groups excluding carboxylic acids is 1. The maximum absolute atomic E-state index is 11.0. The molecule has 0 aliphatic carbocycles. The van der Waals surface area contributed by atoms with Crippen LogP contribution in [-0.2, 0) is 6.54 Å². The summed E-state index contributed by atoms with van der Waals surface area (Å²) in [5.74, 6) is 0.382. The van der Waals surface area contributed by atoms with Gasteiger partial charge in [0.2, 0.25) is 5.91 Å². The summed E-state index contributed by atoms with van der Waals surface area (Å²) in [7, 11) is 0. The van der Waals surface area contributed by atoms with E-state index in [9.17, 15) is 4.79 Å². The van der Waals surface area contributed by atoms with Crippen molar-refractivity contribution in [1.82, 2.24) is 10.6 Å². The van der Waals surface area contributed by atoms with E-state index in [1.807, 2.05) is 30.8 Å². The first-order valence-corrected chi connectivity index (χ1v) is 8.56. The molecule has 0 bridgehead atoms. The fourth-order valence-corrected chi connectivity index (χ4v) is 1.87. The highest BCUT2D eigenvalue weighted by Crippen LogP contribution is 2.19. The molecule has 1 aromatic rings. The number of guanidine groups is 1. The highest BCUT2D eigenvalue weighted by Gasteiger charge is 2.15. The van der Waals surface area contributed by atoms with Crippen LogP contribution in [0.25, 0.3) is 0 Å². The van der Waals surface area contributed by atoms with E-state index in [0.717, 1.165) is 24.6 Å². The Labute approximate surface area is 137 Å². The SMILES string of the molecule is CCNC(=NCc1ccc(C(N)=O)cc1)NCC(C)(C)SC. The van der Waals surface area contributed by atoms with Gasteiger partial charge in [0.15, 0.2) is 5.96 Å². The first kappa shape index (κ1) is 18.4. The number of benzene rings is 1. The van der Waals surface area contributed by atoms with Crippen molar-refractivity contribution < 1.29 is 4.79 Å². The molecule has 0 radical (unpaired) electrons. The monoisotopic (exact) mass is 322 g/mol. The zero-order valence-corrected chi connectivity index (χ0v) is 14.6. The van der Waals surface area contributed by atoms with Crippen LogP contribution in [0.15, 0.2) is 29.3 Å². The van der Waals surface area contributed by atoms with E-state index in [1.54, 1.807) is 12.1 Å². The van der Waals surface area contributed by atoms with E-state index in [0.29, 0.717) is 12.1 Å². The second kappa shape index (κ2) is 8.68. The van der Waals surface area contributed by atoms with Crippen molar-refractivity contribution in [3.8, 4) is 0 Å². The van der Waals surface area contributed by atoms with Crippen molar-refractivity contribution in [3.63, 3.8) is 0 Å². The van der Waals surface area contributed by atoms with E-state index in [-0.39, 0.29) is 4.75 Å². The second-order valence-electron chi connectivity index (χ2n) is 5.57. The third kappa shape index (κ3) is 6.39. The summed E-state index contributed by atoms with van der Waals surface area (Å²) >= 11 is 1.82. The zero-order chi connectivity index (χ0) is 16.6. The molecule has 0 unspecified atom stereocenters. The van der Waals surface area contributed by atoms with Crippen LogP contribution < -0.4 is 16.4 Å². The molecule has 0 aliphatic heterocycles. The molecule has 0 heterocycles. The lowest BCUT2D eigenvalue weighted by molar-refractivity contribution is 0.100. The van der Waals surface area contributed by atoms with Crippen molar-refractivity contribution in [1.29, 1.82) is 0 Å². The van der Waals surface area contributed by atoms with Crippen LogP contribution >= 0.6 is 11.8 Å². The van der Waals surface area contributed by atoms with E-state index >= 15 is 0 Å². The minimum absolute atomic E-state index is 0.152. The third-order valence-electron chi connectivity index (χ3n) is 3.24. The lowest BCUT2D eigenvalue weighted by Crippen LogP contribution is -2.43. The second-order valence-corrected chi connectivity index (χ2v) is 7.09.